The third-order valence-corrected chi connectivity index (χ3v) is 7.78. The molecule has 5 rings (SSSR count). The highest BCUT2D eigenvalue weighted by atomic mass is 32.1. The largest absolute Gasteiger partial charge is 0.477 e. The second kappa shape index (κ2) is 11.3. The van der Waals surface area contributed by atoms with Crippen molar-refractivity contribution in [2.45, 2.75) is 51.2 Å². The highest BCUT2D eigenvalue weighted by Gasteiger charge is 2.34. The minimum atomic E-state index is -4.66. The number of carboxylic acid groups (broad SMARTS) is 1. The number of hydrogen-bond acceptors (Lipinski definition) is 7. The Kier molecular flexibility index (Phi) is 7.76. The van der Waals surface area contributed by atoms with Crippen molar-refractivity contribution in [3.63, 3.8) is 0 Å². The molecule has 0 bridgehead atoms. The molecule has 0 spiro atoms. The minimum absolute atomic E-state index is 0.00512. The number of nitrogens with one attached hydrogen (secondary N) is 2. The van der Waals surface area contributed by atoms with E-state index in [4.69, 9.17) is 0 Å². The molecule has 214 valence electrons. The van der Waals surface area contributed by atoms with E-state index in [9.17, 15) is 32.7 Å². The van der Waals surface area contributed by atoms with E-state index in [1.807, 2.05) is 0 Å². The van der Waals surface area contributed by atoms with Crippen LogP contribution < -0.4 is 16.1 Å². The lowest BCUT2D eigenvalue weighted by molar-refractivity contribution is -0.140. The van der Waals surface area contributed by atoms with Crippen molar-refractivity contribution >= 4 is 40.1 Å². The fraction of sp³-hybridized carbons (Fsp3) is 0.333. The van der Waals surface area contributed by atoms with Gasteiger partial charge in [-0.2, -0.15) is 13.2 Å². The van der Waals surface area contributed by atoms with Crippen LogP contribution in [0, 0.1) is 0 Å². The summed E-state index contributed by atoms with van der Waals surface area (Å²) in [5.41, 5.74) is -1.06. The fourth-order valence-corrected chi connectivity index (χ4v) is 5.82. The summed E-state index contributed by atoms with van der Waals surface area (Å²) in [4.78, 5) is 49.8. The topological polar surface area (TPSA) is 139 Å². The number of halogens is 3. The van der Waals surface area contributed by atoms with Gasteiger partial charge in [0.05, 0.1) is 22.8 Å². The average Bonchev–Trinajstić information content (AvgIpc) is 3.45. The number of carbonyl (C=O) groups is 2. The van der Waals surface area contributed by atoms with Gasteiger partial charge in [0.2, 0.25) is 5.43 Å². The van der Waals surface area contributed by atoms with E-state index in [-0.39, 0.29) is 44.6 Å². The summed E-state index contributed by atoms with van der Waals surface area (Å²) in [6.07, 6.45) is 4.20. The number of rotatable bonds is 6. The van der Waals surface area contributed by atoms with Gasteiger partial charge in [-0.3, -0.25) is 15.1 Å². The molecular weight excluding hydrogens is 561 g/mol. The van der Waals surface area contributed by atoms with Gasteiger partial charge in [-0.05, 0) is 31.9 Å². The summed E-state index contributed by atoms with van der Waals surface area (Å²) in [7, 11) is 0. The number of carbonyl (C=O) groups excluding carboxylic acids is 1. The zero-order valence-electron chi connectivity index (χ0n) is 21.8. The molecule has 14 heteroatoms. The van der Waals surface area contributed by atoms with Crippen molar-refractivity contribution in [2.75, 3.05) is 11.9 Å². The number of amides is 2. The lowest BCUT2D eigenvalue weighted by atomic mass is 9.94. The van der Waals surface area contributed by atoms with Crippen LogP contribution in [0.25, 0.3) is 32.7 Å². The fourth-order valence-electron chi connectivity index (χ4n) is 4.96. The number of anilines is 1. The lowest BCUT2D eigenvalue weighted by Gasteiger charge is -2.26. The van der Waals surface area contributed by atoms with Crippen molar-refractivity contribution in [3.05, 3.63) is 57.6 Å². The van der Waals surface area contributed by atoms with Crippen molar-refractivity contribution in [1.82, 2.24) is 24.8 Å². The van der Waals surface area contributed by atoms with E-state index < -0.39 is 29.3 Å². The molecule has 4 aromatic heterocycles. The Bertz CT molecular complexity index is 1690. The molecule has 1 saturated carbocycles. The zero-order chi connectivity index (χ0) is 29.3. The number of pyridine rings is 3. The summed E-state index contributed by atoms with van der Waals surface area (Å²) in [5.74, 6) is -1.29. The number of aromatic carboxylic acids is 1. The van der Waals surface area contributed by atoms with Gasteiger partial charge in [0.15, 0.2) is 5.69 Å². The van der Waals surface area contributed by atoms with Crippen LogP contribution in [-0.2, 0) is 6.18 Å². The lowest BCUT2D eigenvalue weighted by Crippen LogP contribution is -2.28. The first-order valence-corrected chi connectivity index (χ1v) is 13.8. The van der Waals surface area contributed by atoms with Gasteiger partial charge in [-0.25, -0.2) is 19.6 Å². The first-order valence-electron chi connectivity index (χ1n) is 12.9. The van der Waals surface area contributed by atoms with Gasteiger partial charge in [0, 0.05) is 41.5 Å². The molecule has 3 N–H and O–H groups in total. The number of hydrogen-bond donors (Lipinski definition) is 3. The number of urea groups is 1. The van der Waals surface area contributed by atoms with Gasteiger partial charge in [0.25, 0.3) is 0 Å². The van der Waals surface area contributed by atoms with Crippen molar-refractivity contribution in [3.8, 4) is 21.8 Å². The Morgan fingerprint density at radius 1 is 1.12 bits per heavy atom. The Labute approximate surface area is 235 Å². The summed E-state index contributed by atoms with van der Waals surface area (Å²) in [5, 5.41) is 15.8. The number of nitrogens with zero attached hydrogens (tertiary/aromatic N) is 4. The van der Waals surface area contributed by atoms with E-state index in [0.29, 0.717) is 12.1 Å². The van der Waals surface area contributed by atoms with Crippen LogP contribution in [0.5, 0.6) is 0 Å². The maximum Gasteiger partial charge on any atom is 0.434 e. The first kappa shape index (κ1) is 28.2. The molecule has 0 aromatic carbocycles. The second-order valence-corrected chi connectivity index (χ2v) is 10.5. The summed E-state index contributed by atoms with van der Waals surface area (Å²) in [6, 6.07) is 2.26. The smallest absolute Gasteiger partial charge is 0.434 e. The molecule has 41 heavy (non-hydrogen) atoms. The molecule has 1 aliphatic carbocycles. The summed E-state index contributed by atoms with van der Waals surface area (Å²) >= 11 is 0.752. The molecule has 1 aliphatic rings. The van der Waals surface area contributed by atoms with Gasteiger partial charge in [-0.15, -0.1) is 11.3 Å². The normalized spacial score (nSPS) is 14.2. The molecule has 4 aromatic rings. The van der Waals surface area contributed by atoms with Gasteiger partial charge < -0.3 is 15.0 Å². The first-order chi connectivity index (χ1) is 19.6. The quantitative estimate of drug-likeness (QED) is 0.254. The predicted molar refractivity (Wildman–Crippen MR) is 147 cm³/mol. The number of fused-ring (bicyclic) bond motifs is 1. The molecule has 10 nitrogen and oxygen atoms in total. The maximum absolute atomic E-state index is 13.4. The number of aromatic nitrogens is 4. The van der Waals surface area contributed by atoms with Crippen molar-refractivity contribution in [2.24, 2.45) is 0 Å². The third kappa shape index (κ3) is 5.78. The Morgan fingerprint density at radius 2 is 1.88 bits per heavy atom. The molecule has 0 saturated heterocycles. The minimum Gasteiger partial charge on any atom is -0.477 e. The number of thiazole rings is 1. The summed E-state index contributed by atoms with van der Waals surface area (Å²) in [6.45, 7) is 2.06. The predicted octanol–water partition coefficient (Wildman–Crippen LogP) is 5.95. The molecule has 2 amide bonds. The SMILES string of the molecule is CCNC(=O)Nc1cc(-c2nc(C(F)(F)F)cs2)c(-c2cc3c(=O)c(C(=O)O)cn(C4CCCCC4)c3cn2)cn1. The average molecular weight is 587 g/mol. The van der Waals surface area contributed by atoms with Crippen LogP contribution in [0.2, 0.25) is 0 Å². The standard InChI is InChI=1S/C27H25F3N6O4S/c1-2-31-26(40)35-22-9-15(24-34-21(13-41-24)27(28,29)30)17(10-33-22)19-8-16-20(11-32-19)36(14-6-4-3-5-7-14)12-18(23(16)37)25(38)39/h8-14H,2-7H2,1H3,(H,38,39)(H2,31,33,35,40). The van der Waals surface area contributed by atoms with Gasteiger partial charge in [-0.1, -0.05) is 19.3 Å². The van der Waals surface area contributed by atoms with Crippen LogP contribution >= 0.6 is 11.3 Å². The molecule has 4 heterocycles. The molecular formula is C27H25F3N6O4S. The maximum atomic E-state index is 13.4. The van der Waals surface area contributed by atoms with Crippen LogP contribution in [-0.4, -0.2) is 43.2 Å². The Hall–Kier alpha value is -4.33. The highest BCUT2D eigenvalue weighted by molar-refractivity contribution is 7.13. The van der Waals surface area contributed by atoms with Crippen molar-refractivity contribution in [1.29, 1.82) is 0 Å². The molecule has 0 atom stereocenters. The van der Waals surface area contributed by atoms with E-state index in [1.165, 1.54) is 30.7 Å². The van der Waals surface area contributed by atoms with Crippen LogP contribution in [0.15, 0.2) is 40.9 Å². The van der Waals surface area contributed by atoms with Crippen molar-refractivity contribution < 1.29 is 27.9 Å². The van der Waals surface area contributed by atoms with E-state index in [0.717, 1.165) is 48.8 Å². The van der Waals surface area contributed by atoms with E-state index in [1.54, 1.807) is 11.5 Å². The monoisotopic (exact) mass is 586 g/mol. The molecule has 0 radical (unpaired) electrons. The van der Waals surface area contributed by atoms with Crippen LogP contribution in [0.1, 0.15) is 61.1 Å². The Morgan fingerprint density at radius 3 is 2.54 bits per heavy atom. The van der Waals surface area contributed by atoms with Crippen LogP contribution in [0.3, 0.4) is 0 Å². The van der Waals surface area contributed by atoms with Gasteiger partial charge >= 0.3 is 18.2 Å². The molecule has 0 aliphatic heterocycles. The zero-order valence-corrected chi connectivity index (χ0v) is 22.6. The van der Waals surface area contributed by atoms with Gasteiger partial charge in [0.1, 0.15) is 16.4 Å². The van der Waals surface area contributed by atoms with E-state index in [2.05, 4.69) is 25.6 Å². The Balaban J connectivity index is 1.68. The second-order valence-electron chi connectivity index (χ2n) is 9.60. The number of carboxylic acids is 1. The molecule has 1 fully saturated rings. The van der Waals surface area contributed by atoms with Crippen LogP contribution in [0.4, 0.5) is 23.8 Å². The highest BCUT2D eigenvalue weighted by Crippen LogP contribution is 2.39. The summed E-state index contributed by atoms with van der Waals surface area (Å²) < 4.78 is 41.9. The number of alkyl halides is 3. The third-order valence-electron chi connectivity index (χ3n) is 6.90. The molecule has 0 unspecified atom stereocenters. The van der Waals surface area contributed by atoms with E-state index >= 15 is 0 Å².